The largest absolute Gasteiger partial charge is 0.411 e. The van der Waals surface area contributed by atoms with Crippen molar-refractivity contribution in [3.63, 3.8) is 0 Å². The molecule has 1 saturated carbocycles. The molecule has 0 spiro atoms. The van der Waals surface area contributed by atoms with E-state index in [0.717, 1.165) is 0 Å². The summed E-state index contributed by atoms with van der Waals surface area (Å²) in [6.45, 7) is 2.04. The van der Waals surface area contributed by atoms with Crippen molar-refractivity contribution >= 4 is 15.7 Å². The van der Waals surface area contributed by atoms with Gasteiger partial charge in [-0.05, 0) is 31.4 Å². The van der Waals surface area contributed by atoms with E-state index in [9.17, 15) is 21.6 Å². The molecule has 2 N–H and O–H groups in total. The van der Waals surface area contributed by atoms with Crippen molar-refractivity contribution in [3.8, 4) is 0 Å². The van der Waals surface area contributed by atoms with Crippen LogP contribution in [0, 0.1) is 0 Å². The zero-order valence-corrected chi connectivity index (χ0v) is 12.3. The average molecular weight is 322 g/mol. The van der Waals surface area contributed by atoms with Gasteiger partial charge >= 0.3 is 6.18 Å². The number of rotatable bonds is 6. The number of para-hydroxylation sites is 1. The van der Waals surface area contributed by atoms with Crippen LogP contribution in [0.2, 0.25) is 0 Å². The fourth-order valence-corrected chi connectivity index (χ4v) is 3.28. The molecule has 1 aromatic carbocycles. The number of nitrogens with one attached hydrogen (secondary N) is 2. The quantitative estimate of drug-likeness (QED) is 0.847. The standard InChI is InChI=1S/C13H17F3N2O2S/c1-2-9-17-21(19,20)11-6-4-3-5-10(11)18-12(7-8-12)13(14,15)16/h3-6,17-18H,2,7-9H2,1H3. The van der Waals surface area contributed by atoms with Crippen LogP contribution < -0.4 is 10.0 Å². The molecule has 1 aliphatic rings. The molecule has 0 aliphatic heterocycles. The summed E-state index contributed by atoms with van der Waals surface area (Å²) in [7, 11) is -3.82. The number of hydrogen-bond acceptors (Lipinski definition) is 3. The molecule has 1 aromatic rings. The maximum Gasteiger partial charge on any atom is 0.411 e. The van der Waals surface area contributed by atoms with E-state index in [0.29, 0.717) is 6.42 Å². The van der Waals surface area contributed by atoms with E-state index in [1.165, 1.54) is 24.3 Å². The molecule has 0 saturated heterocycles. The molecular weight excluding hydrogens is 305 g/mol. The van der Waals surface area contributed by atoms with Gasteiger partial charge in [-0.25, -0.2) is 13.1 Å². The van der Waals surface area contributed by atoms with Gasteiger partial charge in [-0.15, -0.1) is 0 Å². The molecule has 118 valence electrons. The van der Waals surface area contributed by atoms with Gasteiger partial charge in [-0.1, -0.05) is 19.1 Å². The Morgan fingerprint density at radius 3 is 2.38 bits per heavy atom. The minimum Gasteiger partial charge on any atom is -0.370 e. The van der Waals surface area contributed by atoms with Gasteiger partial charge in [0, 0.05) is 6.54 Å². The first-order chi connectivity index (χ1) is 9.72. The lowest BCUT2D eigenvalue weighted by atomic mass is 10.2. The second-order valence-electron chi connectivity index (χ2n) is 5.10. The molecule has 2 rings (SSSR count). The fourth-order valence-electron chi connectivity index (χ4n) is 1.98. The lowest BCUT2D eigenvalue weighted by Crippen LogP contribution is -2.39. The normalized spacial score (nSPS) is 17.5. The van der Waals surface area contributed by atoms with Crippen LogP contribution in [0.5, 0.6) is 0 Å². The summed E-state index contributed by atoms with van der Waals surface area (Å²) >= 11 is 0. The van der Waals surface area contributed by atoms with Crippen LogP contribution in [0.25, 0.3) is 0 Å². The van der Waals surface area contributed by atoms with Gasteiger partial charge in [0.05, 0.1) is 5.69 Å². The predicted molar refractivity (Wildman–Crippen MR) is 73.6 cm³/mol. The number of sulfonamides is 1. The third-order valence-electron chi connectivity index (χ3n) is 3.39. The molecule has 0 radical (unpaired) electrons. The van der Waals surface area contributed by atoms with E-state index in [2.05, 4.69) is 10.0 Å². The summed E-state index contributed by atoms with van der Waals surface area (Å²) in [5, 5.41) is 2.38. The summed E-state index contributed by atoms with van der Waals surface area (Å²) in [6, 6.07) is 5.64. The van der Waals surface area contributed by atoms with Crippen LogP contribution in [0.15, 0.2) is 29.2 Å². The van der Waals surface area contributed by atoms with Crippen molar-refractivity contribution in [1.82, 2.24) is 4.72 Å². The van der Waals surface area contributed by atoms with Gasteiger partial charge in [0.15, 0.2) is 0 Å². The second-order valence-corrected chi connectivity index (χ2v) is 6.83. The molecule has 0 unspecified atom stereocenters. The van der Waals surface area contributed by atoms with E-state index in [4.69, 9.17) is 0 Å². The van der Waals surface area contributed by atoms with Crippen molar-refractivity contribution in [2.24, 2.45) is 0 Å². The van der Waals surface area contributed by atoms with Crippen molar-refractivity contribution in [2.75, 3.05) is 11.9 Å². The molecule has 0 atom stereocenters. The number of anilines is 1. The molecule has 0 bridgehead atoms. The zero-order valence-electron chi connectivity index (χ0n) is 11.5. The first-order valence-corrected chi connectivity index (χ1v) is 8.14. The van der Waals surface area contributed by atoms with E-state index in [1.54, 1.807) is 6.92 Å². The third-order valence-corrected chi connectivity index (χ3v) is 4.90. The Kier molecular flexibility index (Phi) is 4.21. The molecular formula is C13H17F3N2O2S. The molecule has 1 fully saturated rings. The number of halogens is 3. The minimum absolute atomic E-state index is 0.0177. The zero-order chi connectivity index (χ0) is 15.7. The van der Waals surface area contributed by atoms with Crippen LogP contribution in [-0.2, 0) is 10.0 Å². The summed E-state index contributed by atoms with van der Waals surface area (Å²) in [5.41, 5.74) is -2.01. The summed E-state index contributed by atoms with van der Waals surface area (Å²) in [4.78, 5) is -0.158. The Balaban J connectivity index is 2.31. The fraction of sp³-hybridized carbons (Fsp3) is 0.538. The Bertz CT molecular complexity index is 610. The van der Waals surface area contributed by atoms with Gasteiger partial charge in [-0.2, -0.15) is 13.2 Å². The molecule has 8 heteroatoms. The molecule has 21 heavy (non-hydrogen) atoms. The SMILES string of the molecule is CCCNS(=O)(=O)c1ccccc1NC1(C(F)(F)F)CC1. The number of benzene rings is 1. The third kappa shape index (κ3) is 3.32. The number of alkyl halides is 3. The molecule has 4 nitrogen and oxygen atoms in total. The summed E-state index contributed by atoms with van der Waals surface area (Å²) in [6.07, 6.45) is -3.90. The van der Waals surface area contributed by atoms with Crippen LogP contribution in [0.3, 0.4) is 0 Å². The first-order valence-electron chi connectivity index (χ1n) is 6.65. The molecule has 0 amide bonds. The molecule has 1 aliphatic carbocycles. The lowest BCUT2D eigenvalue weighted by Gasteiger charge is -2.23. The van der Waals surface area contributed by atoms with E-state index in [1.807, 2.05) is 0 Å². The molecule has 0 aromatic heterocycles. The Morgan fingerprint density at radius 1 is 1.24 bits per heavy atom. The Morgan fingerprint density at radius 2 is 1.86 bits per heavy atom. The van der Waals surface area contributed by atoms with Crippen LogP contribution in [-0.4, -0.2) is 26.7 Å². The van der Waals surface area contributed by atoms with Crippen molar-refractivity contribution < 1.29 is 21.6 Å². The highest BCUT2D eigenvalue weighted by atomic mass is 32.2. The minimum atomic E-state index is -4.40. The highest BCUT2D eigenvalue weighted by Crippen LogP contribution is 2.51. The van der Waals surface area contributed by atoms with Crippen molar-refractivity contribution in [1.29, 1.82) is 0 Å². The Labute approximate surface area is 121 Å². The molecule has 0 heterocycles. The number of hydrogen-bond donors (Lipinski definition) is 2. The van der Waals surface area contributed by atoms with Crippen molar-refractivity contribution in [2.45, 2.75) is 42.8 Å². The maximum absolute atomic E-state index is 13.0. The highest BCUT2D eigenvalue weighted by Gasteiger charge is 2.63. The summed E-state index contributed by atoms with van der Waals surface area (Å²) < 4.78 is 65.6. The van der Waals surface area contributed by atoms with Crippen molar-refractivity contribution in [3.05, 3.63) is 24.3 Å². The Hall–Kier alpha value is -1.28. The van der Waals surface area contributed by atoms with Crippen LogP contribution in [0.4, 0.5) is 18.9 Å². The van der Waals surface area contributed by atoms with Gasteiger partial charge in [0.2, 0.25) is 10.0 Å². The maximum atomic E-state index is 13.0. The smallest absolute Gasteiger partial charge is 0.370 e. The topological polar surface area (TPSA) is 58.2 Å². The first kappa shape index (κ1) is 16.1. The highest BCUT2D eigenvalue weighted by molar-refractivity contribution is 7.89. The lowest BCUT2D eigenvalue weighted by molar-refractivity contribution is -0.151. The van der Waals surface area contributed by atoms with E-state index in [-0.39, 0.29) is 30.0 Å². The van der Waals surface area contributed by atoms with Crippen LogP contribution >= 0.6 is 0 Å². The monoisotopic (exact) mass is 322 g/mol. The van der Waals surface area contributed by atoms with Gasteiger partial charge in [-0.3, -0.25) is 0 Å². The average Bonchev–Trinajstić information content (AvgIpc) is 3.17. The summed E-state index contributed by atoms with van der Waals surface area (Å²) in [5.74, 6) is 0. The second kappa shape index (κ2) is 5.49. The predicted octanol–water partition coefficient (Wildman–Crippen LogP) is 2.88. The van der Waals surface area contributed by atoms with E-state index >= 15 is 0 Å². The van der Waals surface area contributed by atoms with Gasteiger partial charge in [0.1, 0.15) is 10.4 Å². The van der Waals surface area contributed by atoms with Gasteiger partial charge in [0.25, 0.3) is 0 Å². The van der Waals surface area contributed by atoms with Gasteiger partial charge < -0.3 is 5.32 Å². The van der Waals surface area contributed by atoms with E-state index < -0.39 is 21.7 Å². The van der Waals surface area contributed by atoms with Crippen LogP contribution in [0.1, 0.15) is 26.2 Å².